The first-order valence-electron chi connectivity index (χ1n) is 9.14. The van der Waals surface area contributed by atoms with Crippen LogP contribution in [0.2, 0.25) is 0 Å². The van der Waals surface area contributed by atoms with Gasteiger partial charge in [-0.05, 0) is 47.5 Å². The van der Waals surface area contributed by atoms with Crippen LogP contribution in [0.15, 0.2) is 66.7 Å². The number of ether oxygens (including phenoxy) is 3. The average molecular weight is 372 g/mol. The van der Waals surface area contributed by atoms with Gasteiger partial charge in [0.2, 0.25) is 0 Å². The van der Waals surface area contributed by atoms with Crippen LogP contribution in [0.25, 0.3) is 0 Å². The van der Waals surface area contributed by atoms with Gasteiger partial charge in [-0.3, -0.25) is 0 Å². The van der Waals surface area contributed by atoms with Crippen molar-refractivity contribution >= 4 is 5.69 Å². The third-order valence-electron chi connectivity index (χ3n) is 4.40. The Kier molecular flexibility index (Phi) is 5.30. The quantitative estimate of drug-likeness (QED) is 0.689. The minimum atomic E-state index is 0.425. The van der Waals surface area contributed by atoms with Gasteiger partial charge in [0.1, 0.15) is 25.6 Å². The molecule has 0 aliphatic carbocycles. The highest BCUT2D eigenvalue weighted by atomic mass is 16.6. The van der Waals surface area contributed by atoms with Crippen LogP contribution in [0, 0.1) is 11.3 Å². The molecular weight excluding hydrogens is 352 g/mol. The Balaban J connectivity index is 1.36. The summed E-state index contributed by atoms with van der Waals surface area (Å²) in [5.74, 6) is 2.35. The number of anilines is 1. The van der Waals surface area contributed by atoms with E-state index in [1.165, 1.54) is 0 Å². The normalized spacial score (nSPS) is 12.1. The van der Waals surface area contributed by atoms with Crippen molar-refractivity contribution in [1.82, 2.24) is 0 Å². The van der Waals surface area contributed by atoms with Crippen LogP contribution in [-0.2, 0) is 13.2 Å². The highest BCUT2D eigenvalue weighted by Crippen LogP contribution is 2.32. The van der Waals surface area contributed by atoms with Crippen molar-refractivity contribution in [2.24, 2.45) is 0 Å². The first-order chi connectivity index (χ1) is 13.8. The molecule has 0 saturated carbocycles. The van der Waals surface area contributed by atoms with Gasteiger partial charge in [-0.25, -0.2) is 0 Å². The SMILES string of the molecule is N#Cc1cccc(COc2cccc(CNc3ccc4c(c3)OCCO4)c2)c1. The van der Waals surface area contributed by atoms with E-state index in [1.807, 2.05) is 60.7 Å². The number of benzene rings is 3. The van der Waals surface area contributed by atoms with Crippen molar-refractivity contribution in [3.8, 4) is 23.3 Å². The van der Waals surface area contributed by atoms with Gasteiger partial charge in [0.15, 0.2) is 11.5 Å². The number of rotatable bonds is 6. The van der Waals surface area contributed by atoms with E-state index in [0.717, 1.165) is 34.1 Å². The molecule has 0 atom stereocenters. The lowest BCUT2D eigenvalue weighted by molar-refractivity contribution is 0.171. The fraction of sp³-hybridized carbons (Fsp3) is 0.174. The third-order valence-corrected chi connectivity index (χ3v) is 4.40. The van der Waals surface area contributed by atoms with E-state index in [2.05, 4.69) is 11.4 Å². The molecule has 0 saturated heterocycles. The van der Waals surface area contributed by atoms with Gasteiger partial charge in [-0.15, -0.1) is 0 Å². The summed E-state index contributed by atoms with van der Waals surface area (Å²) in [6.07, 6.45) is 0. The number of hydrogen-bond donors (Lipinski definition) is 1. The number of hydrogen-bond acceptors (Lipinski definition) is 5. The highest BCUT2D eigenvalue weighted by molar-refractivity contribution is 5.55. The van der Waals surface area contributed by atoms with E-state index in [1.54, 1.807) is 6.07 Å². The standard InChI is InChI=1S/C23H20N2O3/c24-14-17-3-1-5-19(11-17)16-28-21-6-2-4-18(12-21)15-25-20-7-8-22-23(13-20)27-10-9-26-22/h1-8,11-13,25H,9-10,15-16H2. The Morgan fingerprint density at radius 3 is 2.61 bits per heavy atom. The molecule has 3 aromatic carbocycles. The van der Waals surface area contributed by atoms with Crippen molar-refractivity contribution in [3.63, 3.8) is 0 Å². The van der Waals surface area contributed by atoms with Gasteiger partial charge in [0.25, 0.3) is 0 Å². The largest absolute Gasteiger partial charge is 0.489 e. The van der Waals surface area contributed by atoms with E-state index < -0.39 is 0 Å². The van der Waals surface area contributed by atoms with Gasteiger partial charge in [-0.1, -0.05) is 24.3 Å². The smallest absolute Gasteiger partial charge is 0.163 e. The molecule has 0 aromatic heterocycles. The van der Waals surface area contributed by atoms with Gasteiger partial charge < -0.3 is 19.5 Å². The molecule has 0 unspecified atom stereocenters. The molecule has 140 valence electrons. The summed E-state index contributed by atoms with van der Waals surface area (Å²) in [6, 6.07) is 23.4. The zero-order valence-corrected chi connectivity index (χ0v) is 15.4. The monoisotopic (exact) mass is 372 g/mol. The van der Waals surface area contributed by atoms with E-state index in [0.29, 0.717) is 31.9 Å². The second kappa shape index (κ2) is 8.36. The van der Waals surface area contributed by atoms with Gasteiger partial charge in [0, 0.05) is 18.3 Å². The number of nitrogens with zero attached hydrogens (tertiary/aromatic N) is 1. The second-order valence-corrected chi connectivity index (χ2v) is 6.46. The van der Waals surface area contributed by atoms with E-state index >= 15 is 0 Å². The summed E-state index contributed by atoms with van der Waals surface area (Å²) in [4.78, 5) is 0. The Labute approximate surface area is 164 Å². The van der Waals surface area contributed by atoms with E-state index in [4.69, 9.17) is 19.5 Å². The maximum Gasteiger partial charge on any atom is 0.163 e. The van der Waals surface area contributed by atoms with Crippen LogP contribution in [0.5, 0.6) is 17.2 Å². The maximum atomic E-state index is 8.99. The molecule has 3 aromatic rings. The predicted molar refractivity (Wildman–Crippen MR) is 107 cm³/mol. The maximum absolute atomic E-state index is 8.99. The average Bonchev–Trinajstić information content (AvgIpc) is 2.76. The van der Waals surface area contributed by atoms with Gasteiger partial charge in [-0.2, -0.15) is 5.26 Å². The van der Waals surface area contributed by atoms with Crippen LogP contribution < -0.4 is 19.5 Å². The van der Waals surface area contributed by atoms with E-state index in [-0.39, 0.29) is 0 Å². The summed E-state index contributed by atoms with van der Waals surface area (Å²) in [7, 11) is 0. The molecule has 1 aliphatic heterocycles. The molecule has 0 fully saturated rings. The topological polar surface area (TPSA) is 63.5 Å². The first kappa shape index (κ1) is 17.7. The molecule has 0 amide bonds. The minimum Gasteiger partial charge on any atom is -0.489 e. The molecule has 5 heteroatoms. The molecule has 0 spiro atoms. The Bertz CT molecular complexity index is 1010. The third kappa shape index (κ3) is 4.36. The predicted octanol–water partition coefficient (Wildman–Crippen LogP) is 4.52. The molecular formula is C23H20N2O3. The lowest BCUT2D eigenvalue weighted by Gasteiger charge is -2.19. The molecule has 1 N–H and O–H groups in total. The van der Waals surface area contributed by atoms with E-state index in [9.17, 15) is 0 Å². The summed E-state index contributed by atoms with van der Waals surface area (Å²) >= 11 is 0. The van der Waals surface area contributed by atoms with Crippen molar-refractivity contribution in [2.45, 2.75) is 13.2 Å². The molecule has 5 nitrogen and oxygen atoms in total. The lowest BCUT2D eigenvalue weighted by Crippen LogP contribution is -2.15. The summed E-state index contributed by atoms with van der Waals surface area (Å²) in [5.41, 5.74) is 3.69. The van der Waals surface area contributed by atoms with Crippen molar-refractivity contribution in [2.75, 3.05) is 18.5 Å². The molecule has 0 radical (unpaired) electrons. The summed E-state index contributed by atoms with van der Waals surface area (Å²) < 4.78 is 17.1. The zero-order valence-electron chi connectivity index (χ0n) is 15.4. The van der Waals surface area contributed by atoms with Crippen LogP contribution >= 0.6 is 0 Å². The molecule has 0 bridgehead atoms. The molecule has 1 aliphatic rings. The van der Waals surface area contributed by atoms with Crippen molar-refractivity contribution in [3.05, 3.63) is 83.4 Å². The Hall–Kier alpha value is -3.65. The molecule has 1 heterocycles. The second-order valence-electron chi connectivity index (χ2n) is 6.46. The first-order valence-corrected chi connectivity index (χ1v) is 9.14. The van der Waals surface area contributed by atoms with Crippen LogP contribution in [0.1, 0.15) is 16.7 Å². The van der Waals surface area contributed by atoms with Crippen LogP contribution in [0.4, 0.5) is 5.69 Å². The fourth-order valence-corrected chi connectivity index (χ4v) is 3.00. The van der Waals surface area contributed by atoms with Crippen LogP contribution in [0.3, 0.4) is 0 Å². The molecule has 4 rings (SSSR count). The Morgan fingerprint density at radius 1 is 0.893 bits per heavy atom. The number of nitriles is 1. The summed E-state index contributed by atoms with van der Waals surface area (Å²) in [6.45, 7) is 2.26. The van der Waals surface area contributed by atoms with Gasteiger partial charge >= 0.3 is 0 Å². The summed E-state index contributed by atoms with van der Waals surface area (Å²) in [5, 5.41) is 12.4. The molecule has 28 heavy (non-hydrogen) atoms. The van der Waals surface area contributed by atoms with Crippen LogP contribution in [-0.4, -0.2) is 13.2 Å². The lowest BCUT2D eigenvalue weighted by atomic mass is 10.1. The minimum absolute atomic E-state index is 0.425. The zero-order chi connectivity index (χ0) is 19.2. The van der Waals surface area contributed by atoms with Crippen molar-refractivity contribution < 1.29 is 14.2 Å². The van der Waals surface area contributed by atoms with Gasteiger partial charge in [0.05, 0.1) is 11.6 Å². The van der Waals surface area contributed by atoms with Crippen molar-refractivity contribution in [1.29, 1.82) is 5.26 Å². The number of fused-ring (bicyclic) bond motifs is 1. The highest BCUT2D eigenvalue weighted by Gasteiger charge is 2.11. The number of nitrogens with one attached hydrogen (secondary N) is 1. The fourth-order valence-electron chi connectivity index (χ4n) is 3.00. The Morgan fingerprint density at radius 2 is 1.71 bits per heavy atom.